The first-order valence-electron chi connectivity index (χ1n) is 8.50. The van der Waals surface area contributed by atoms with Crippen LogP contribution in [0.4, 0.5) is 0 Å². The van der Waals surface area contributed by atoms with Gasteiger partial charge in [-0.15, -0.1) is 0 Å². The minimum Gasteiger partial charge on any atom is -0.366 e. The highest BCUT2D eigenvalue weighted by Crippen LogP contribution is 2.18. The quantitative estimate of drug-likeness (QED) is 0.704. The Morgan fingerprint density at radius 3 is 2.33 bits per heavy atom. The van der Waals surface area contributed by atoms with Crippen molar-refractivity contribution in [3.05, 3.63) is 68.3 Å². The molecule has 1 aliphatic heterocycles. The molecule has 2 aromatic carbocycles. The molecule has 2 N–H and O–H groups in total. The number of amides is 1. The Labute approximate surface area is 157 Å². The van der Waals surface area contributed by atoms with Crippen molar-refractivity contribution in [3.8, 4) is 0 Å². The van der Waals surface area contributed by atoms with E-state index < -0.39 is 0 Å². The van der Waals surface area contributed by atoms with Gasteiger partial charge in [0.15, 0.2) is 0 Å². The van der Waals surface area contributed by atoms with E-state index >= 15 is 0 Å². The van der Waals surface area contributed by atoms with Crippen molar-refractivity contribution < 1.29 is 4.79 Å². The van der Waals surface area contributed by atoms with Crippen molar-refractivity contribution >= 4 is 28.5 Å². The number of hydrogen-bond donors (Lipinski definition) is 1. The Morgan fingerprint density at radius 2 is 1.67 bits per heavy atom. The van der Waals surface area contributed by atoms with Crippen LogP contribution in [0.25, 0.3) is 0 Å². The van der Waals surface area contributed by atoms with E-state index in [1.807, 2.05) is 12.1 Å². The number of likely N-dealkylation sites (tertiary alicyclic amines) is 1. The molecule has 0 aromatic heterocycles. The fourth-order valence-electron chi connectivity index (χ4n) is 3.21. The van der Waals surface area contributed by atoms with E-state index in [2.05, 4.69) is 51.8 Å². The Balaban J connectivity index is 1.60. The number of carbonyl (C=O) groups is 1. The van der Waals surface area contributed by atoms with Gasteiger partial charge < -0.3 is 5.73 Å². The van der Waals surface area contributed by atoms with Gasteiger partial charge in [0.2, 0.25) is 5.91 Å². The second kappa shape index (κ2) is 8.12. The van der Waals surface area contributed by atoms with E-state index in [-0.39, 0.29) is 5.91 Å². The maximum Gasteiger partial charge on any atom is 0.248 e. The van der Waals surface area contributed by atoms with Crippen LogP contribution in [-0.2, 0) is 19.4 Å². The van der Waals surface area contributed by atoms with Crippen LogP contribution in [0.1, 0.15) is 39.9 Å². The maximum atomic E-state index is 11.3. The second-order valence-electron chi connectivity index (χ2n) is 6.47. The normalized spacial score (nSPS) is 14.9. The molecule has 24 heavy (non-hydrogen) atoms. The van der Waals surface area contributed by atoms with Crippen LogP contribution in [0.2, 0.25) is 0 Å². The molecule has 0 spiro atoms. The second-order valence-corrected chi connectivity index (χ2v) is 7.63. The van der Waals surface area contributed by atoms with Crippen LogP contribution >= 0.6 is 22.6 Å². The number of rotatable bonds is 6. The number of carbonyl (C=O) groups excluding carboxylic acids is 1. The lowest BCUT2D eigenvalue weighted by molar-refractivity contribution is 0.1000. The molecule has 4 heteroatoms. The third-order valence-electron chi connectivity index (χ3n) is 4.64. The van der Waals surface area contributed by atoms with Gasteiger partial charge in [-0.2, -0.15) is 0 Å². The predicted molar refractivity (Wildman–Crippen MR) is 106 cm³/mol. The van der Waals surface area contributed by atoms with Gasteiger partial charge in [-0.05, 0) is 96.3 Å². The lowest BCUT2D eigenvalue weighted by atomic mass is 10.0. The Bertz CT molecular complexity index is 706. The summed E-state index contributed by atoms with van der Waals surface area (Å²) in [5.74, 6) is -0.362. The molecule has 2 aromatic rings. The minimum atomic E-state index is -0.362. The van der Waals surface area contributed by atoms with Gasteiger partial charge in [-0.3, -0.25) is 9.69 Å². The summed E-state index contributed by atoms with van der Waals surface area (Å²) in [5.41, 5.74) is 9.88. The number of halogens is 1. The van der Waals surface area contributed by atoms with E-state index in [0.29, 0.717) is 5.56 Å². The number of nitrogens with two attached hydrogens (primary N) is 1. The zero-order valence-electron chi connectivity index (χ0n) is 13.8. The van der Waals surface area contributed by atoms with Crippen LogP contribution < -0.4 is 5.73 Å². The molecular formula is C20H23IN2O. The molecule has 1 aliphatic rings. The number of aryl methyl sites for hydroxylation is 2. The molecule has 1 heterocycles. The highest BCUT2D eigenvalue weighted by atomic mass is 127. The number of nitrogens with zero attached hydrogens (tertiary/aromatic N) is 1. The Hall–Kier alpha value is -1.40. The summed E-state index contributed by atoms with van der Waals surface area (Å²) < 4.78 is 1.18. The molecule has 0 radical (unpaired) electrons. The molecule has 0 unspecified atom stereocenters. The summed E-state index contributed by atoms with van der Waals surface area (Å²) >= 11 is 2.32. The smallest absolute Gasteiger partial charge is 0.248 e. The first-order chi connectivity index (χ1) is 11.6. The Morgan fingerprint density at radius 1 is 1.00 bits per heavy atom. The molecule has 0 atom stereocenters. The summed E-state index contributed by atoms with van der Waals surface area (Å²) in [7, 11) is 0. The molecule has 0 saturated carbocycles. The fourth-order valence-corrected chi connectivity index (χ4v) is 3.81. The minimum absolute atomic E-state index is 0.362. The monoisotopic (exact) mass is 434 g/mol. The van der Waals surface area contributed by atoms with Gasteiger partial charge in [0.1, 0.15) is 0 Å². The zero-order chi connectivity index (χ0) is 16.9. The van der Waals surface area contributed by atoms with Gasteiger partial charge in [0.05, 0.1) is 0 Å². The summed E-state index contributed by atoms with van der Waals surface area (Å²) in [6.07, 6.45) is 4.56. The largest absolute Gasteiger partial charge is 0.366 e. The van der Waals surface area contributed by atoms with E-state index in [1.165, 1.54) is 46.2 Å². The third-order valence-corrected chi connectivity index (χ3v) is 5.69. The van der Waals surface area contributed by atoms with Crippen LogP contribution in [0.3, 0.4) is 0 Å². The van der Waals surface area contributed by atoms with Gasteiger partial charge in [-0.1, -0.05) is 24.3 Å². The van der Waals surface area contributed by atoms with E-state index in [9.17, 15) is 4.79 Å². The van der Waals surface area contributed by atoms with Gasteiger partial charge in [0, 0.05) is 15.7 Å². The van der Waals surface area contributed by atoms with E-state index in [1.54, 1.807) is 6.07 Å². The summed E-state index contributed by atoms with van der Waals surface area (Å²) in [6.45, 7) is 3.53. The first kappa shape index (κ1) is 17.4. The molecule has 126 valence electrons. The average Bonchev–Trinajstić information content (AvgIpc) is 3.08. The van der Waals surface area contributed by atoms with Crippen molar-refractivity contribution in [3.63, 3.8) is 0 Å². The molecule has 3 rings (SSSR count). The zero-order valence-corrected chi connectivity index (χ0v) is 16.0. The number of benzene rings is 2. The molecule has 1 fully saturated rings. The van der Waals surface area contributed by atoms with Gasteiger partial charge >= 0.3 is 0 Å². The summed E-state index contributed by atoms with van der Waals surface area (Å²) in [6, 6.07) is 14.6. The van der Waals surface area contributed by atoms with Crippen LogP contribution in [-0.4, -0.2) is 23.9 Å². The standard InChI is InChI=1S/C20H23IN2O/c21-19-10-9-18(20(22)24)13-17(19)8-7-15-3-5-16(6-4-15)14-23-11-1-2-12-23/h3-6,9-10,13H,1-2,7-8,11-12,14H2,(H2,22,24). The van der Waals surface area contributed by atoms with E-state index in [0.717, 1.165) is 19.4 Å². The van der Waals surface area contributed by atoms with Crippen LogP contribution in [0.15, 0.2) is 42.5 Å². The number of hydrogen-bond acceptors (Lipinski definition) is 2. The third kappa shape index (κ3) is 4.57. The van der Waals surface area contributed by atoms with Crippen LogP contribution in [0, 0.1) is 3.57 Å². The van der Waals surface area contributed by atoms with E-state index in [4.69, 9.17) is 5.73 Å². The van der Waals surface area contributed by atoms with Gasteiger partial charge in [-0.25, -0.2) is 0 Å². The molecule has 1 saturated heterocycles. The average molecular weight is 434 g/mol. The highest BCUT2D eigenvalue weighted by Gasteiger charge is 2.11. The molecule has 0 aliphatic carbocycles. The Kier molecular flexibility index (Phi) is 5.89. The molecule has 3 nitrogen and oxygen atoms in total. The lowest BCUT2D eigenvalue weighted by Gasteiger charge is -2.14. The molecule has 1 amide bonds. The van der Waals surface area contributed by atoms with Crippen LogP contribution in [0.5, 0.6) is 0 Å². The first-order valence-corrected chi connectivity index (χ1v) is 9.58. The van der Waals surface area contributed by atoms with Crippen molar-refractivity contribution in [1.82, 2.24) is 4.90 Å². The highest BCUT2D eigenvalue weighted by molar-refractivity contribution is 14.1. The van der Waals surface area contributed by atoms with Gasteiger partial charge in [0.25, 0.3) is 0 Å². The molecular weight excluding hydrogens is 411 g/mol. The maximum absolute atomic E-state index is 11.3. The summed E-state index contributed by atoms with van der Waals surface area (Å²) in [4.78, 5) is 13.9. The SMILES string of the molecule is NC(=O)c1ccc(I)c(CCc2ccc(CN3CCCC3)cc2)c1. The lowest BCUT2D eigenvalue weighted by Crippen LogP contribution is -2.18. The molecule has 0 bridgehead atoms. The predicted octanol–water partition coefficient (Wildman–Crippen LogP) is 3.77. The van der Waals surface area contributed by atoms with Crippen molar-refractivity contribution in [2.24, 2.45) is 5.73 Å². The topological polar surface area (TPSA) is 46.3 Å². The van der Waals surface area contributed by atoms with Crippen molar-refractivity contribution in [1.29, 1.82) is 0 Å². The van der Waals surface area contributed by atoms with Crippen molar-refractivity contribution in [2.45, 2.75) is 32.2 Å². The fraction of sp³-hybridized carbons (Fsp3) is 0.350. The summed E-state index contributed by atoms with van der Waals surface area (Å²) in [5, 5.41) is 0. The van der Waals surface area contributed by atoms with Crippen molar-refractivity contribution in [2.75, 3.05) is 13.1 Å². The number of primary amides is 1.